The number of pyridine rings is 1. The molecule has 0 spiro atoms. The van der Waals surface area contributed by atoms with Gasteiger partial charge in [0.2, 0.25) is 0 Å². The molecule has 2 rings (SSSR count). The maximum absolute atomic E-state index is 5.78. The Balaban J connectivity index is 2.21. The minimum Gasteiger partial charge on any atom is -0.271 e. The number of hydrazine groups is 1. The molecule has 0 fully saturated rings. The van der Waals surface area contributed by atoms with E-state index >= 15 is 0 Å². The van der Waals surface area contributed by atoms with Crippen LogP contribution in [-0.4, -0.2) is 9.97 Å². The monoisotopic (exact) mass is 304 g/mol. The van der Waals surface area contributed by atoms with Crippen molar-refractivity contribution < 1.29 is 0 Å². The molecule has 2 heterocycles. The van der Waals surface area contributed by atoms with Gasteiger partial charge in [-0.05, 0) is 23.6 Å². The first-order valence-corrected chi connectivity index (χ1v) is 8.17. The minimum atomic E-state index is 0.0712. The first-order valence-electron chi connectivity index (χ1n) is 7.29. The Kier molecular flexibility index (Phi) is 5.08. The van der Waals surface area contributed by atoms with Crippen LogP contribution in [0.3, 0.4) is 0 Å². The Hall–Kier alpha value is -1.30. The predicted molar refractivity (Wildman–Crippen MR) is 88.2 cm³/mol. The van der Waals surface area contributed by atoms with Gasteiger partial charge in [0.1, 0.15) is 0 Å². The lowest BCUT2D eigenvalue weighted by atomic mass is 9.93. The highest BCUT2D eigenvalue weighted by Gasteiger charge is 2.20. The SMILES string of the molecule is CCc1cnccc1C(Cc1nc(C(C)(C)C)cs1)NN. The molecule has 3 N–H and O–H groups in total. The van der Waals surface area contributed by atoms with E-state index in [-0.39, 0.29) is 11.5 Å². The summed E-state index contributed by atoms with van der Waals surface area (Å²) in [5.74, 6) is 5.78. The molecule has 0 aliphatic carbocycles. The van der Waals surface area contributed by atoms with Gasteiger partial charge in [0.25, 0.3) is 0 Å². The summed E-state index contributed by atoms with van der Waals surface area (Å²) < 4.78 is 0. The Labute approximate surface area is 130 Å². The summed E-state index contributed by atoms with van der Waals surface area (Å²) in [5.41, 5.74) is 6.60. The van der Waals surface area contributed by atoms with Crippen molar-refractivity contribution in [3.63, 3.8) is 0 Å². The van der Waals surface area contributed by atoms with Gasteiger partial charge in [-0.25, -0.2) is 4.98 Å². The molecule has 0 saturated carbocycles. The van der Waals surface area contributed by atoms with Crippen molar-refractivity contribution in [2.24, 2.45) is 5.84 Å². The van der Waals surface area contributed by atoms with E-state index in [9.17, 15) is 0 Å². The first kappa shape index (κ1) is 16.1. The van der Waals surface area contributed by atoms with E-state index in [2.05, 4.69) is 43.5 Å². The molecule has 0 aromatic carbocycles. The van der Waals surface area contributed by atoms with Crippen molar-refractivity contribution in [2.75, 3.05) is 0 Å². The molecule has 114 valence electrons. The molecule has 0 aliphatic rings. The summed E-state index contributed by atoms with van der Waals surface area (Å²) in [6.07, 6.45) is 5.49. The van der Waals surface area contributed by atoms with Crippen LogP contribution >= 0.6 is 11.3 Å². The minimum absolute atomic E-state index is 0.0712. The van der Waals surface area contributed by atoms with Gasteiger partial charge in [-0.1, -0.05) is 27.7 Å². The second-order valence-corrected chi connectivity index (χ2v) is 7.17. The van der Waals surface area contributed by atoms with Crippen molar-refractivity contribution in [3.05, 3.63) is 45.7 Å². The summed E-state index contributed by atoms with van der Waals surface area (Å²) in [6, 6.07) is 2.11. The van der Waals surface area contributed by atoms with Crippen molar-refractivity contribution in [2.45, 2.75) is 52.0 Å². The zero-order chi connectivity index (χ0) is 15.5. The van der Waals surface area contributed by atoms with Gasteiger partial charge in [0, 0.05) is 29.6 Å². The molecule has 2 aromatic heterocycles. The molecule has 1 unspecified atom stereocenters. The maximum atomic E-state index is 5.78. The number of rotatable bonds is 5. The number of hydrogen-bond acceptors (Lipinski definition) is 5. The molecule has 0 radical (unpaired) electrons. The maximum Gasteiger partial charge on any atom is 0.0948 e. The number of nitrogens with one attached hydrogen (secondary N) is 1. The highest BCUT2D eigenvalue weighted by atomic mass is 32.1. The predicted octanol–water partition coefficient (Wildman–Crippen LogP) is 3.15. The van der Waals surface area contributed by atoms with Gasteiger partial charge in [-0.15, -0.1) is 11.3 Å². The van der Waals surface area contributed by atoms with Crippen LogP contribution in [-0.2, 0) is 18.3 Å². The van der Waals surface area contributed by atoms with Crippen LogP contribution < -0.4 is 11.3 Å². The van der Waals surface area contributed by atoms with Crippen LogP contribution in [0.25, 0.3) is 0 Å². The third kappa shape index (κ3) is 3.87. The Morgan fingerprint density at radius 3 is 2.71 bits per heavy atom. The van der Waals surface area contributed by atoms with Gasteiger partial charge >= 0.3 is 0 Å². The van der Waals surface area contributed by atoms with E-state index in [1.165, 1.54) is 11.1 Å². The largest absolute Gasteiger partial charge is 0.271 e. The fraction of sp³-hybridized carbons (Fsp3) is 0.500. The average molecular weight is 304 g/mol. The van der Waals surface area contributed by atoms with Crippen LogP contribution in [0, 0.1) is 0 Å². The zero-order valence-corrected chi connectivity index (χ0v) is 14.0. The van der Waals surface area contributed by atoms with Gasteiger partial charge < -0.3 is 0 Å². The molecule has 0 aliphatic heterocycles. The number of nitrogens with zero attached hydrogens (tertiary/aromatic N) is 2. The standard InChI is InChI=1S/C16H24N4S/c1-5-11-9-18-7-6-12(11)13(20-17)8-15-19-14(10-21-15)16(2,3)4/h6-7,9-10,13,20H,5,8,17H2,1-4H3. The average Bonchev–Trinajstić information content (AvgIpc) is 2.93. The smallest absolute Gasteiger partial charge is 0.0948 e. The lowest BCUT2D eigenvalue weighted by Crippen LogP contribution is -2.30. The summed E-state index contributed by atoms with van der Waals surface area (Å²) in [7, 11) is 0. The van der Waals surface area contributed by atoms with Crippen molar-refractivity contribution in [1.82, 2.24) is 15.4 Å². The third-order valence-electron chi connectivity index (χ3n) is 3.60. The van der Waals surface area contributed by atoms with Crippen LogP contribution in [0.4, 0.5) is 0 Å². The Morgan fingerprint density at radius 2 is 2.14 bits per heavy atom. The van der Waals surface area contributed by atoms with Crippen molar-refractivity contribution >= 4 is 11.3 Å². The summed E-state index contributed by atoms with van der Waals surface area (Å²) in [6.45, 7) is 8.68. The zero-order valence-electron chi connectivity index (χ0n) is 13.2. The van der Waals surface area contributed by atoms with Crippen molar-refractivity contribution in [3.8, 4) is 0 Å². The van der Waals surface area contributed by atoms with E-state index in [1.807, 2.05) is 18.5 Å². The lowest BCUT2D eigenvalue weighted by Gasteiger charge is -2.18. The van der Waals surface area contributed by atoms with E-state index in [4.69, 9.17) is 10.8 Å². The number of aryl methyl sites for hydroxylation is 1. The van der Waals surface area contributed by atoms with Crippen molar-refractivity contribution in [1.29, 1.82) is 0 Å². The second-order valence-electron chi connectivity index (χ2n) is 6.23. The van der Waals surface area contributed by atoms with Crippen LogP contribution in [0.15, 0.2) is 23.8 Å². The van der Waals surface area contributed by atoms with E-state index in [1.54, 1.807) is 11.3 Å². The fourth-order valence-electron chi connectivity index (χ4n) is 2.26. The molecule has 5 heteroatoms. The highest BCUT2D eigenvalue weighted by Crippen LogP contribution is 2.27. The first-order chi connectivity index (χ1) is 9.95. The fourth-order valence-corrected chi connectivity index (χ4v) is 3.32. The number of hydrogen-bond donors (Lipinski definition) is 2. The molecule has 21 heavy (non-hydrogen) atoms. The highest BCUT2D eigenvalue weighted by molar-refractivity contribution is 7.09. The molecule has 1 atom stereocenters. The lowest BCUT2D eigenvalue weighted by molar-refractivity contribution is 0.537. The topological polar surface area (TPSA) is 63.8 Å². The van der Waals surface area contributed by atoms with Gasteiger partial charge in [-0.3, -0.25) is 16.3 Å². The Bertz CT molecular complexity index is 586. The van der Waals surface area contributed by atoms with Crippen LogP contribution in [0.2, 0.25) is 0 Å². The summed E-state index contributed by atoms with van der Waals surface area (Å²) in [5, 5.41) is 3.26. The number of nitrogens with two attached hydrogens (primary N) is 1. The van der Waals surface area contributed by atoms with Gasteiger partial charge in [-0.2, -0.15) is 0 Å². The number of thiazole rings is 1. The molecule has 2 aromatic rings. The summed E-state index contributed by atoms with van der Waals surface area (Å²) in [4.78, 5) is 8.95. The van der Waals surface area contributed by atoms with Gasteiger partial charge in [0.15, 0.2) is 0 Å². The van der Waals surface area contributed by atoms with Crippen LogP contribution in [0.5, 0.6) is 0 Å². The molecular formula is C16H24N4S. The van der Waals surface area contributed by atoms with E-state index in [0.717, 1.165) is 23.5 Å². The molecule has 0 bridgehead atoms. The number of aromatic nitrogens is 2. The second kappa shape index (κ2) is 6.64. The molecule has 0 amide bonds. The molecular weight excluding hydrogens is 280 g/mol. The summed E-state index contributed by atoms with van der Waals surface area (Å²) >= 11 is 1.71. The molecule has 0 saturated heterocycles. The van der Waals surface area contributed by atoms with Crippen LogP contribution in [0.1, 0.15) is 55.6 Å². The van der Waals surface area contributed by atoms with Gasteiger partial charge in [0.05, 0.1) is 16.7 Å². The van der Waals surface area contributed by atoms with E-state index in [0.29, 0.717) is 0 Å². The quantitative estimate of drug-likeness (QED) is 0.658. The molecule has 4 nitrogen and oxygen atoms in total. The Morgan fingerprint density at radius 1 is 1.38 bits per heavy atom. The normalized spacial score (nSPS) is 13.4. The van der Waals surface area contributed by atoms with E-state index < -0.39 is 0 Å². The third-order valence-corrected chi connectivity index (χ3v) is 4.47.